The molecule has 0 bridgehead atoms. The van der Waals surface area contributed by atoms with Crippen LogP contribution in [0.15, 0.2) is 0 Å². The molecule has 0 spiro atoms. The molecular weight excluding hydrogens is 164 g/mol. The van der Waals surface area contributed by atoms with Gasteiger partial charge in [-0.25, -0.2) is 4.79 Å². The number of aliphatic hydroxyl groups is 1. The van der Waals surface area contributed by atoms with Crippen LogP contribution in [0.25, 0.3) is 0 Å². The van der Waals surface area contributed by atoms with Crippen molar-refractivity contribution in [3.8, 4) is 0 Å². The van der Waals surface area contributed by atoms with E-state index in [1.807, 2.05) is 0 Å². The van der Waals surface area contributed by atoms with Crippen molar-refractivity contribution in [3.63, 3.8) is 0 Å². The molecule has 2 unspecified atom stereocenters. The second-order valence-corrected chi connectivity index (χ2v) is 2.42. The first kappa shape index (κ1) is 11.4. The third-order valence-electron chi connectivity index (χ3n) is 1.25. The Kier molecular flexibility index (Phi) is 5.61. The van der Waals surface area contributed by atoms with Gasteiger partial charge in [-0.1, -0.05) is 0 Å². The van der Waals surface area contributed by atoms with Crippen molar-refractivity contribution in [2.24, 2.45) is 0 Å². The van der Waals surface area contributed by atoms with Gasteiger partial charge in [-0.15, -0.1) is 0 Å². The van der Waals surface area contributed by atoms with Crippen LogP contribution in [0.5, 0.6) is 0 Å². The molecule has 0 radical (unpaired) electrons. The SMILES string of the molecule is COCC(O)COC(C)C(=O)O. The molecule has 2 atom stereocenters. The standard InChI is InChI=1S/C7H14O5/c1-5(7(9)10)12-4-6(8)3-11-2/h5-6,8H,3-4H2,1-2H3,(H,9,10). The fourth-order valence-electron chi connectivity index (χ4n) is 0.567. The van der Waals surface area contributed by atoms with Crippen molar-refractivity contribution in [2.45, 2.75) is 19.1 Å². The largest absolute Gasteiger partial charge is 0.479 e. The highest BCUT2D eigenvalue weighted by Gasteiger charge is 2.13. The summed E-state index contributed by atoms with van der Waals surface area (Å²) < 4.78 is 9.41. The predicted octanol–water partition coefficient (Wildman–Crippen LogP) is -0.517. The minimum absolute atomic E-state index is 0.0265. The van der Waals surface area contributed by atoms with Crippen LogP contribution >= 0.6 is 0 Å². The summed E-state index contributed by atoms with van der Waals surface area (Å²) in [5, 5.41) is 17.4. The van der Waals surface area contributed by atoms with Crippen LogP contribution in [0, 0.1) is 0 Å². The Morgan fingerprint density at radius 2 is 2.08 bits per heavy atom. The van der Waals surface area contributed by atoms with Crippen molar-refractivity contribution in [2.75, 3.05) is 20.3 Å². The summed E-state index contributed by atoms with van der Waals surface area (Å²) >= 11 is 0. The molecule has 0 aliphatic carbocycles. The summed E-state index contributed by atoms with van der Waals surface area (Å²) in [6.45, 7) is 1.52. The molecule has 0 aliphatic heterocycles. The molecule has 12 heavy (non-hydrogen) atoms. The molecule has 0 saturated carbocycles. The van der Waals surface area contributed by atoms with E-state index in [0.717, 1.165) is 0 Å². The number of carbonyl (C=O) groups is 1. The number of hydrogen-bond acceptors (Lipinski definition) is 4. The van der Waals surface area contributed by atoms with Gasteiger partial charge in [0.2, 0.25) is 0 Å². The highest BCUT2D eigenvalue weighted by atomic mass is 16.5. The molecular formula is C7H14O5. The Hall–Kier alpha value is -0.650. The first-order valence-electron chi connectivity index (χ1n) is 3.59. The van der Waals surface area contributed by atoms with Crippen molar-refractivity contribution in [1.29, 1.82) is 0 Å². The van der Waals surface area contributed by atoms with E-state index in [4.69, 9.17) is 14.9 Å². The maximum Gasteiger partial charge on any atom is 0.332 e. The van der Waals surface area contributed by atoms with Crippen molar-refractivity contribution >= 4 is 5.97 Å². The number of hydrogen-bond donors (Lipinski definition) is 2. The third-order valence-corrected chi connectivity index (χ3v) is 1.25. The molecule has 0 heterocycles. The van der Waals surface area contributed by atoms with Crippen LogP contribution in [-0.4, -0.2) is 48.7 Å². The molecule has 0 aliphatic rings. The lowest BCUT2D eigenvalue weighted by molar-refractivity contribution is -0.151. The van der Waals surface area contributed by atoms with Crippen LogP contribution in [0.2, 0.25) is 0 Å². The van der Waals surface area contributed by atoms with E-state index < -0.39 is 18.2 Å². The molecule has 0 aromatic rings. The smallest absolute Gasteiger partial charge is 0.332 e. The van der Waals surface area contributed by atoms with Crippen molar-refractivity contribution < 1.29 is 24.5 Å². The quantitative estimate of drug-likeness (QED) is 0.572. The molecule has 2 N–H and O–H groups in total. The second kappa shape index (κ2) is 5.93. The average Bonchev–Trinajstić information content (AvgIpc) is 2.00. The lowest BCUT2D eigenvalue weighted by Crippen LogP contribution is -2.27. The monoisotopic (exact) mass is 178 g/mol. The van der Waals surface area contributed by atoms with E-state index in [1.165, 1.54) is 14.0 Å². The lowest BCUT2D eigenvalue weighted by atomic mass is 10.4. The maximum atomic E-state index is 10.2. The van der Waals surface area contributed by atoms with Gasteiger partial charge in [-0.05, 0) is 6.92 Å². The molecule has 0 aromatic carbocycles. The Morgan fingerprint density at radius 3 is 2.50 bits per heavy atom. The van der Waals surface area contributed by atoms with Gasteiger partial charge >= 0.3 is 5.97 Å². The summed E-state index contributed by atoms with van der Waals surface area (Å²) in [4.78, 5) is 10.2. The van der Waals surface area contributed by atoms with Crippen LogP contribution < -0.4 is 0 Å². The minimum atomic E-state index is -1.04. The number of rotatable bonds is 6. The zero-order valence-corrected chi connectivity index (χ0v) is 7.19. The average molecular weight is 178 g/mol. The number of methoxy groups -OCH3 is 1. The zero-order chi connectivity index (χ0) is 9.56. The van der Waals surface area contributed by atoms with Gasteiger partial charge in [-0.3, -0.25) is 0 Å². The molecule has 0 amide bonds. The Balaban J connectivity index is 3.46. The maximum absolute atomic E-state index is 10.2. The van der Waals surface area contributed by atoms with Gasteiger partial charge in [0.05, 0.1) is 13.2 Å². The topological polar surface area (TPSA) is 76.0 Å². The van der Waals surface area contributed by atoms with E-state index in [2.05, 4.69) is 4.74 Å². The summed E-state index contributed by atoms with van der Waals surface area (Å²) in [6.07, 6.45) is -1.66. The first-order chi connectivity index (χ1) is 5.57. The normalized spacial score (nSPS) is 15.6. The summed E-state index contributed by atoms with van der Waals surface area (Å²) in [5.41, 5.74) is 0. The van der Waals surface area contributed by atoms with Crippen molar-refractivity contribution in [3.05, 3.63) is 0 Å². The summed E-state index contributed by atoms with van der Waals surface area (Å²) in [5.74, 6) is -1.04. The predicted molar refractivity (Wildman–Crippen MR) is 40.9 cm³/mol. The Bertz CT molecular complexity index is 136. The van der Waals surface area contributed by atoms with E-state index in [-0.39, 0.29) is 13.2 Å². The number of aliphatic carboxylic acids is 1. The first-order valence-corrected chi connectivity index (χ1v) is 3.59. The van der Waals surface area contributed by atoms with Crippen LogP contribution in [0.4, 0.5) is 0 Å². The van der Waals surface area contributed by atoms with Crippen LogP contribution in [-0.2, 0) is 14.3 Å². The van der Waals surface area contributed by atoms with Gasteiger partial charge < -0.3 is 19.7 Å². The summed E-state index contributed by atoms with van der Waals surface area (Å²) in [7, 11) is 1.45. The number of carboxylic acids is 1. The van der Waals surface area contributed by atoms with E-state index in [0.29, 0.717) is 0 Å². The minimum Gasteiger partial charge on any atom is -0.479 e. The summed E-state index contributed by atoms with van der Waals surface area (Å²) in [6, 6.07) is 0. The molecule has 0 saturated heterocycles. The third kappa shape index (κ3) is 5.06. The highest BCUT2D eigenvalue weighted by Crippen LogP contribution is 1.93. The number of aliphatic hydroxyl groups excluding tert-OH is 1. The molecule has 5 heteroatoms. The van der Waals surface area contributed by atoms with Gasteiger partial charge in [-0.2, -0.15) is 0 Å². The van der Waals surface area contributed by atoms with Gasteiger partial charge in [0.25, 0.3) is 0 Å². The van der Waals surface area contributed by atoms with E-state index >= 15 is 0 Å². The van der Waals surface area contributed by atoms with Gasteiger partial charge in [0, 0.05) is 7.11 Å². The molecule has 72 valence electrons. The van der Waals surface area contributed by atoms with E-state index in [9.17, 15) is 4.79 Å². The number of carboxylic acid groups (broad SMARTS) is 1. The Labute approximate surface area is 70.9 Å². The highest BCUT2D eigenvalue weighted by molar-refractivity contribution is 5.71. The fraction of sp³-hybridized carbons (Fsp3) is 0.857. The van der Waals surface area contributed by atoms with Crippen LogP contribution in [0.3, 0.4) is 0 Å². The van der Waals surface area contributed by atoms with Gasteiger partial charge in [0.15, 0.2) is 6.10 Å². The van der Waals surface area contributed by atoms with E-state index in [1.54, 1.807) is 0 Å². The zero-order valence-electron chi connectivity index (χ0n) is 7.19. The molecule has 5 nitrogen and oxygen atoms in total. The lowest BCUT2D eigenvalue weighted by Gasteiger charge is -2.12. The molecule has 0 rings (SSSR count). The molecule has 0 fully saturated rings. The number of ether oxygens (including phenoxy) is 2. The van der Waals surface area contributed by atoms with Gasteiger partial charge in [0.1, 0.15) is 6.10 Å². The van der Waals surface area contributed by atoms with Crippen LogP contribution in [0.1, 0.15) is 6.92 Å². The fourth-order valence-corrected chi connectivity index (χ4v) is 0.567. The Morgan fingerprint density at radius 1 is 1.50 bits per heavy atom. The molecule has 0 aromatic heterocycles. The second-order valence-electron chi connectivity index (χ2n) is 2.42. The van der Waals surface area contributed by atoms with Crippen molar-refractivity contribution in [1.82, 2.24) is 0 Å².